The molecule has 0 saturated carbocycles. The number of aliphatic hydroxyl groups excluding tert-OH is 1. The van der Waals surface area contributed by atoms with E-state index in [9.17, 15) is 0 Å². The van der Waals surface area contributed by atoms with E-state index in [0.717, 1.165) is 10.9 Å². The first-order valence-corrected chi connectivity index (χ1v) is 5.01. The molecular weight excluding hydrogens is 210 g/mol. The molecular formula is C10H11N3OS. The highest BCUT2D eigenvalue weighted by molar-refractivity contribution is 7.71. The van der Waals surface area contributed by atoms with Gasteiger partial charge in [-0.1, -0.05) is 12.1 Å². The molecule has 0 saturated heterocycles. The highest BCUT2D eigenvalue weighted by Crippen LogP contribution is 2.18. The Morgan fingerprint density at radius 2 is 2.13 bits per heavy atom. The molecule has 1 heterocycles. The van der Waals surface area contributed by atoms with Crippen LogP contribution in [0.2, 0.25) is 0 Å². The lowest BCUT2D eigenvalue weighted by Crippen LogP contribution is -2.11. The number of fused-ring (bicyclic) bond motifs is 1. The number of anilines is 1. The Balaban J connectivity index is 2.78. The van der Waals surface area contributed by atoms with Crippen LogP contribution in [-0.4, -0.2) is 21.3 Å². The number of nitrogens with two attached hydrogens (primary N) is 1. The van der Waals surface area contributed by atoms with Crippen molar-refractivity contribution in [3.8, 4) is 0 Å². The molecule has 0 bridgehead atoms. The molecule has 2 rings (SSSR count). The Labute approximate surface area is 92.0 Å². The second-order valence-electron chi connectivity index (χ2n) is 3.17. The van der Waals surface area contributed by atoms with Crippen LogP contribution >= 0.6 is 12.2 Å². The molecule has 0 aliphatic heterocycles. The first-order chi connectivity index (χ1) is 7.24. The predicted molar refractivity (Wildman–Crippen MR) is 62.1 cm³/mol. The van der Waals surface area contributed by atoms with E-state index in [-0.39, 0.29) is 6.61 Å². The minimum absolute atomic E-state index is 0.00146. The van der Waals surface area contributed by atoms with E-state index in [1.54, 1.807) is 4.57 Å². The monoisotopic (exact) mass is 221 g/mol. The Morgan fingerprint density at radius 3 is 2.87 bits per heavy atom. The summed E-state index contributed by atoms with van der Waals surface area (Å²) in [6.07, 6.45) is 0. The number of aromatic nitrogens is 2. The summed E-state index contributed by atoms with van der Waals surface area (Å²) in [5.74, 6) is 0.555. The van der Waals surface area contributed by atoms with Crippen molar-refractivity contribution >= 4 is 28.9 Å². The van der Waals surface area contributed by atoms with Crippen molar-refractivity contribution in [3.05, 3.63) is 29.0 Å². The lowest BCUT2D eigenvalue weighted by Gasteiger charge is -2.10. The van der Waals surface area contributed by atoms with Gasteiger partial charge in [-0.25, -0.2) is 4.98 Å². The van der Waals surface area contributed by atoms with Gasteiger partial charge in [0, 0.05) is 11.9 Å². The molecule has 0 fully saturated rings. The highest BCUT2D eigenvalue weighted by atomic mass is 32.1. The van der Waals surface area contributed by atoms with E-state index in [4.69, 9.17) is 23.1 Å². The van der Waals surface area contributed by atoms with Crippen molar-refractivity contribution in [2.45, 2.75) is 6.54 Å². The van der Waals surface area contributed by atoms with Crippen molar-refractivity contribution in [1.82, 2.24) is 9.55 Å². The molecule has 2 aromatic rings. The summed E-state index contributed by atoms with van der Waals surface area (Å²) in [4.78, 5) is 4.24. The van der Waals surface area contributed by atoms with Gasteiger partial charge < -0.3 is 15.4 Å². The number of nitrogen functional groups attached to an aromatic ring is 1. The van der Waals surface area contributed by atoms with E-state index >= 15 is 0 Å². The van der Waals surface area contributed by atoms with Crippen LogP contribution < -0.4 is 5.73 Å². The lowest BCUT2D eigenvalue weighted by atomic mass is 10.2. The summed E-state index contributed by atoms with van der Waals surface area (Å²) >= 11 is 5.09. The smallest absolute Gasteiger partial charge is 0.201 e. The highest BCUT2D eigenvalue weighted by Gasteiger charge is 2.04. The number of para-hydroxylation sites is 1. The number of aliphatic hydroxyl groups is 1. The fraction of sp³-hybridized carbons (Fsp3) is 0.200. The normalized spacial score (nSPS) is 10.7. The number of hydrogen-bond acceptors (Lipinski definition) is 4. The first kappa shape index (κ1) is 10.1. The van der Waals surface area contributed by atoms with Gasteiger partial charge in [0.05, 0.1) is 12.1 Å². The summed E-state index contributed by atoms with van der Waals surface area (Å²) in [7, 11) is 0. The Bertz CT molecular complexity index is 550. The second-order valence-corrected chi connectivity index (χ2v) is 3.54. The molecule has 0 aliphatic rings. The average molecular weight is 221 g/mol. The lowest BCUT2D eigenvalue weighted by molar-refractivity contribution is 0.275. The van der Waals surface area contributed by atoms with Crippen molar-refractivity contribution in [2.75, 3.05) is 12.3 Å². The minimum Gasteiger partial charge on any atom is -0.395 e. The molecule has 78 valence electrons. The van der Waals surface area contributed by atoms with Crippen LogP contribution in [-0.2, 0) is 6.54 Å². The van der Waals surface area contributed by atoms with Crippen molar-refractivity contribution in [1.29, 1.82) is 0 Å². The summed E-state index contributed by atoms with van der Waals surface area (Å²) < 4.78 is 2.04. The molecule has 1 aromatic carbocycles. The molecule has 0 amide bonds. The van der Waals surface area contributed by atoms with E-state index in [2.05, 4.69) is 4.98 Å². The van der Waals surface area contributed by atoms with Crippen LogP contribution in [0.4, 0.5) is 5.82 Å². The van der Waals surface area contributed by atoms with Crippen LogP contribution in [0.15, 0.2) is 24.3 Å². The molecule has 4 nitrogen and oxygen atoms in total. The van der Waals surface area contributed by atoms with Gasteiger partial charge in [-0.3, -0.25) is 0 Å². The molecule has 0 radical (unpaired) electrons. The topological polar surface area (TPSA) is 64.1 Å². The van der Waals surface area contributed by atoms with Gasteiger partial charge in [0.2, 0.25) is 4.77 Å². The molecule has 0 atom stereocenters. The minimum atomic E-state index is -0.00146. The maximum absolute atomic E-state index is 8.89. The molecule has 5 heteroatoms. The van der Waals surface area contributed by atoms with Crippen molar-refractivity contribution in [2.24, 2.45) is 0 Å². The molecule has 0 aliphatic carbocycles. The van der Waals surface area contributed by atoms with Crippen LogP contribution in [0.3, 0.4) is 0 Å². The van der Waals surface area contributed by atoms with Crippen LogP contribution in [0.5, 0.6) is 0 Å². The van der Waals surface area contributed by atoms with E-state index in [1.807, 2.05) is 24.3 Å². The fourth-order valence-electron chi connectivity index (χ4n) is 1.52. The fourth-order valence-corrected chi connectivity index (χ4v) is 1.80. The molecule has 15 heavy (non-hydrogen) atoms. The van der Waals surface area contributed by atoms with Crippen LogP contribution in [0.25, 0.3) is 10.9 Å². The van der Waals surface area contributed by atoms with Crippen molar-refractivity contribution in [3.63, 3.8) is 0 Å². The SMILES string of the molecule is Nc1c2ccccc2nc(=S)n1CCO. The summed E-state index contributed by atoms with van der Waals surface area (Å²) in [5, 5.41) is 9.75. The Kier molecular flexibility index (Phi) is 2.66. The van der Waals surface area contributed by atoms with Crippen LogP contribution in [0, 0.1) is 4.77 Å². The van der Waals surface area contributed by atoms with Gasteiger partial charge in [-0.05, 0) is 24.4 Å². The third-order valence-electron chi connectivity index (χ3n) is 2.24. The third-order valence-corrected chi connectivity index (χ3v) is 2.55. The molecule has 3 N–H and O–H groups in total. The maximum atomic E-state index is 8.89. The third kappa shape index (κ3) is 1.71. The van der Waals surface area contributed by atoms with Gasteiger partial charge in [-0.2, -0.15) is 0 Å². The van der Waals surface area contributed by atoms with Crippen molar-refractivity contribution < 1.29 is 5.11 Å². The maximum Gasteiger partial charge on any atom is 0.201 e. The van der Waals surface area contributed by atoms with Gasteiger partial charge >= 0.3 is 0 Å². The molecule has 0 unspecified atom stereocenters. The largest absolute Gasteiger partial charge is 0.395 e. The Morgan fingerprint density at radius 1 is 1.40 bits per heavy atom. The average Bonchev–Trinajstić information content (AvgIpc) is 2.24. The zero-order valence-corrected chi connectivity index (χ0v) is 8.87. The Hall–Kier alpha value is -1.46. The van der Waals surface area contributed by atoms with E-state index in [0.29, 0.717) is 17.1 Å². The predicted octanol–water partition coefficient (Wildman–Crippen LogP) is 1.34. The molecule has 0 spiro atoms. The second kappa shape index (κ2) is 3.96. The molecule has 1 aromatic heterocycles. The van der Waals surface area contributed by atoms with Gasteiger partial charge in [0.1, 0.15) is 5.82 Å². The van der Waals surface area contributed by atoms with Crippen LogP contribution in [0.1, 0.15) is 0 Å². The number of rotatable bonds is 2. The van der Waals surface area contributed by atoms with Gasteiger partial charge in [0.15, 0.2) is 0 Å². The van der Waals surface area contributed by atoms with Gasteiger partial charge in [0.25, 0.3) is 0 Å². The van der Waals surface area contributed by atoms with Gasteiger partial charge in [-0.15, -0.1) is 0 Å². The zero-order valence-electron chi connectivity index (χ0n) is 8.05. The quantitative estimate of drug-likeness (QED) is 0.751. The van der Waals surface area contributed by atoms with E-state index in [1.165, 1.54) is 0 Å². The summed E-state index contributed by atoms with van der Waals surface area (Å²) in [5.41, 5.74) is 6.74. The number of nitrogens with zero attached hydrogens (tertiary/aromatic N) is 2. The first-order valence-electron chi connectivity index (χ1n) is 4.60. The van der Waals surface area contributed by atoms with E-state index < -0.39 is 0 Å². The number of benzene rings is 1. The standard InChI is InChI=1S/C10H11N3OS/c11-9-7-3-1-2-4-8(7)12-10(15)13(9)5-6-14/h1-4,14H,5-6,11H2. The zero-order chi connectivity index (χ0) is 10.8. The summed E-state index contributed by atoms with van der Waals surface area (Å²) in [6.45, 7) is 0.376. The summed E-state index contributed by atoms with van der Waals surface area (Å²) in [6, 6.07) is 7.54. The number of hydrogen-bond donors (Lipinski definition) is 2.